The average Bonchev–Trinajstić information content (AvgIpc) is 2.68. The summed E-state index contributed by atoms with van der Waals surface area (Å²) < 4.78 is 6.19. The number of hydrogen-bond donors (Lipinski definition) is 1. The fourth-order valence-electron chi connectivity index (χ4n) is 3.09. The Labute approximate surface area is 153 Å². The normalized spacial score (nSPS) is 13.0. The van der Waals surface area contributed by atoms with Crippen molar-refractivity contribution in [2.75, 3.05) is 0 Å². The third kappa shape index (κ3) is 3.77. The van der Waals surface area contributed by atoms with Crippen LogP contribution in [0.15, 0.2) is 78.9 Å². The van der Waals surface area contributed by atoms with Crippen LogP contribution in [0.1, 0.15) is 52.9 Å². The summed E-state index contributed by atoms with van der Waals surface area (Å²) in [6.07, 6.45) is -0.251. The van der Waals surface area contributed by atoms with Crippen LogP contribution in [-0.2, 0) is 0 Å². The first kappa shape index (κ1) is 17.7. The molecule has 0 saturated carbocycles. The van der Waals surface area contributed by atoms with Gasteiger partial charge in [-0.15, -0.1) is 0 Å². The van der Waals surface area contributed by atoms with Gasteiger partial charge in [-0.2, -0.15) is 0 Å². The summed E-state index contributed by atoms with van der Waals surface area (Å²) in [6, 6.07) is 25.2. The van der Waals surface area contributed by atoms with Crippen molar-refractivity contribution in [3.63, 3.8) is 0 Å². The zero-order valence-corrected chi connectivity index (χ0v) is 14.9. The maximum Gasteiger partial charge on any atom is 0.339 e. The number of benzene rings is 3. The second-order valence-electron chi connectivity index (χ2n) is 6.33. The Bertz CT molecular complexity index is 872. The highest BCUT2D eigenvalue weighted by molar-refractivity contribution is 5.91. The molecule has 0 aliphatic rings. The zero-order chi connectivity index (χ0) is 18.5. The molecular formula is C23H22O3. The SMILES string of the molecule is CC(Oc1c(C(=O)O)cccc1C(C)c1ccccc1)c1ccccc1. The predicted octanol–water partition coefficient (Wildman–Crippen LogP) is 5.68. The van der Waals surface area contributed by atoms with Gasteiger partial charge in [0.2, 0.25) is 0 Å². The molecule has 0 radical (unpaired) electrons. The number of para-hydroxylation sites is 1. The molecule has 0 bridgehead atoms. The first-order valence-corrected chi connectivity index (χ1v) is 8.70. The maximum absolute atomic E-state index is 11.8. The van der Waals surface area contributed by atoms with Crippen LogP contribution in [-0.4, -0.2) is 11.1 Å². The molecule has 132 valence electrons. The molecule has 3 aromatic carbocycles. The fourth-order valence-corrected chi connectivity index (χ4v) is 3.09. The highest BCUT2D eigenvalue weighted by atomic mass is 16.5. The molecule has 0 saturated heterocycles. The minimum Gasteiger partial charge on any atom is -0.485 e. The van der Waals surface area contributed by atoms with Crippen molar-refractivity contribution in [1.29, 1.82) is 0 Å². The number of aromatic carboxylic acids is 1. The summed E-state index contributed by atoms with van der Waals surface area (Å²) in [5.74, 6) is -0.524. The lowest BCUT2D eigenvalue weighted by Gasteiger charge is -2.22. The van der Waals surface area contributed by atoms with Gasteiger partial charge in [0.25, 0.3) is 0 Å². The van der Waals surface area contributed by atoms with E-state index in [0.29, 0.717) is 5.75 Å². The molecule has 3 aromatic rings. The van der Waals surface area contributed by atoms with Gasteiger partial charge in [-0.1, -0.05) is 79.7 Å². The molecule has 0 aliphatic carbocycles. The Morgan fingerprint density at radius 1 is 0.808 bits per heavy atom. The topological polar surface area (TPSA) is 46.5 Å². The van der Waals surface area contributed by atoms with Gasteiger partial charge >= 0.3 is 5.97 Å². The Hall–Kier alpha value is -3.07. The van der Waals surface area contributed by atoms with Crippen molar-refractivity contribution in [2.45, 2.75) is 25.9 Å². The van der Waals surface area contributed by atoms with E-state index in [-0.39, 0.29) is 17.6 Å². The Balaban J connectivity index is 2.03. The molecule has 0 amide bonds. The van der Waals surface area contributed by atoms with Crippen molar-refractivity contribution in [3.05, 3.63) is 101 Å². The Morgan fingerprint density at radius 3 is 1.96 bits per heavy atom. The summed E-state index contributed by atoms with van der Waals surface area (Å²) in [7, 11) is 0. The van der Waals surface area contributed by atoms with E-state index in [0.717, 1.165) is 16.7 Å². The van der Waals surface area contributed by atoms with E-state index < -0.39 is 5.97 Å². The standard InChI is InChI=1S/C23H22O3/c1-16(18-10-5-3-6-11-18)20-14-9-15-21(23(24)25)22(20)26-17(2)19-12-7-4-8-13-19/h3-17H,1-2H3,(H,24,25). The summed E-state index contributed by atoms with van der Waals surface area (Å²) >= 11 is 0. The zero-order valence-electron chi connectivity index (χ0n) is 14.9. The van der Waals surface area contributed by atoms with Crippen molar-refractivity contribution < 1.29 is 14.6 Å². The van der Waals surface area contributed by atoms with Gasteiger partial charge in [0.15, 0.2) is 0 Å². The van der Waals surface area contributed by atoms with Crippen LogP contribution in [0.5, 0.6) is 5.75 Å². The monoisotopic (exact) mass is 346 g/mol. The average molecular weight is 346 g/mol. The van der Waals surface area contributed by atoms with E-state index in [9.17, 15) is 9.90 Å². The van der Waals surface area contributed by atoms with Gasteiger partial charge in [0.1, 0.15) is 17.4 Å². The molecule has 0 aromatic heterocycles. The molecule has 0 heterocycles. The van der Waals surface area contributed by atoms with E-state index in [2.05, 4.69) is 6.92 Å². The second-order valence-corrected chi connectivity index (χ2v) is 6.33. The molecule has 3 heteroatoms. The minimum absolute atomic E-state index is 0.0217. The smallest absolute Gasteiger partial charge is 0.339 e. The molecule has 26 heavy (non-hydrogen) atoms. The Kier molecular flexibility index (Phi) is 5.37. The number of ether oxygens (including phenoxy) is 1. The van der Waals surface area contributed by atoms with E-state index >= 15 is 0 Å². The largest absolute Gasteiger partial charge is 0.485 e. The van der Waals surface area contributed by atoms with E-state index in [1.54, 1.807) is 12.1 Å². The van der Waals surface area contributed by atoms with Crippen LogP contribution < -0.4 is 4.74 Å². The molecule has 3 nitrogen and oxygen atoms in total. The van der Waals surface area contributed by atoms with Crippen LogP contribution in [0, 0.1) is 0 Å². The van der Waals surface area contributed by atoms with Crippen LogP contribution in [0.25, 0.3) is 0 Å². The highest BCUT2D eigenvalue weighted by Crippen LogP contribution is 2.36. The summed E-state index contributed by atoms with van der Waals surface area (Å²) in [6.45, 7) is 4.00. The first-order chi connectivity index (χ1) is 12.6. The first-order valence-electron chi connectivity index (χ1n) is 8.70. The fraction of sp³-hybridized carbons (Fsp3) is 0.174. The van der Waals surface area contributed by atoms with Crippen LogP contribution >= 0.6 is 0 Å². The van der Waals surface area contributed by atoms with Crippen molar-refractivity contribution in [2.24, 2.45) is 0 Å². The van der Waals surface area contributed by atoms with Crippen molar-refractivity contribution in [1.82, 2.24) is 0 Å². The summed E-state index contributed by atoms with van der Waals surface area (Å²) in [4.78, 5) is 11.8. The Morgan fingerprint density at radius 2 is 1.38 bits per heavy atom. The minimum atomic E-state index is -0.984. The van der Waals surface area contributed by atoms with Crippen LogP contribution in [0.2, 0.25) is 0 Å². The highest BCUT2D eigenvalue weighted by Gasteiger charge is 2.22. The maximum atomic E-state index is 11.8. The molecule has 0 aliphatic heterocycles. The molecule has 2 atom stereocenters. The van der Waals surface area contributed by atoms with Gasteiger partial charge < -0.3 is 9.84 Å². The second kappa shape index (κ2) is 7.87. The van der Waals surface area contributed by atoms with Crippen LogP contribution in [0.4, 0.5) is 0 Å². The summed E-state index contributed by atoms with van der Waals surface area (Å²) in [5.41, 5.74) is 3.19. The van der Waals surface area contributed by atoms with E-state index in [1.165, 1.54) is 0 Å². The number of carboxylic acids is 1. The molecular weight excluding hydrogens is 324 g/mol. The van der Waals surface area contributed by atoms with Gasteiger partial charge in [0.05, 0.1) is 0 Å². The number of carboxylic acid groups (broad SMARTS) is 1. The number of hydrogen-bond acceptors (Lipinski definition) is 2. The lowest BCUT2D eigenvalue weighted by molar-refractivity contribution is 0.0689. The van der Waals surface area contributed by atoms with Gasteiger partial charge in [-0.3, -0.25) is 0 Å². The van der Waals surface area contributed by atoms with Gasteiger partial charge in [0, 0.05) is 11.5 Å². The third-order valence-electron chi connectivity index (χ3n) is 4.61. The molecule has 0 spiro atoms. The number of rotatable bonds is 6. The van der Waals surface area contributed by atoms with Gasteiger partial charge in [-0.25, -0.2) is 4.79 Å². The van der Waals surface area contributed by atoms with Crippen molar-refractivity contribution >= 4 is 5.97 Å². The molecule has 1 N–H and O–H groups in total. The van der Waals surface area contributed by atoms with Crippen LogP contribution in [0.3, 0.4) is 0 Å². The van der Waals surface area contributed by atoms with E-state index in [4.69, 9.17) is 4.74 Å². The van der Waals surface area contributed by atoms with Gasteiger partial charge in [-0.05, 0) is 24.1 Å². The molecule has 3 rings (SSSR count). The summed E-state index contributed by atoms with van der Waals surface area (Å²) in [5, 5.41) is 9.65. The lowest BCUT2D eigenvalue weighted by atomic mass is 9.91. The number of carbonyl (C=O) groups is 1. The lowest BCUT2D eigenvalue weighted by Crippen LogP contribution is -2.11. The molecule has 2 unspecified atom stereocenters. The predicted molar refractivity (Wildman–Crippen MR) is 103 cm³/mol. The quantitative estimate of drug-likeness (QED) is 0.625. The van der Waals surface area contributed by atoms with Crippen molar-refractivity contribution in [3.8, 4) is 5.75 Å². The van der Waals surface area contributed by atoms with E-state index in [1.807, 2.05) is 73.7 Å². The third-order valence-corrected chi connectivity index (χ3v) is 4.61. The molecule has 0 fully saturated rings.